The predicted molar refractivity (Wildman–Crippen MR) is 62.9 cm³/mol. The zero-order valence-electron chi connectivity index (χ0n) is 8.09. The highest BCUT2D eigenvalue weighted by atomic mass is 35.5. The quantitative estimate of drug-likeness (QED) is 0.518. The molecule has 0 amide bonds. The first-order valence-corrected chi connectivity index (χ1v) is 6.30. The number of aryl methyl sites for hydroxylation is 1. The third-order valence-corrected chi connectivity index (χ3v) is 4.19. The van der Waals surface area contributed by atoms with E-state index in [9.17, 15) is 4.79 Å². The molecule has 0 radical (unpaired) electrons. The van der Waals surface area contributed by atoms with Crippen LogP contribution in [0.3, 0.4) is 0 Å². The Morgan fingerprint density at radius 1 is 1.73 bits per heavy atom. The van der Waals surface area contributed by atoms with Gasteiger partial charge in [-0.05, 0) is 13.3 Å². The van der Waals surface area contributed by atoms with E-state index in [-0.39, 0.29) is 5.56 Å². The zero-order valence-corrected chi connectivity index (χ0v) is 10.4. The van der Waals surface area contributed by atoms with Crippen LogP contribution in [0, 0.1) is 12.8 Å². The van der Waals surface area contributed by atoms with E-state index in [4.69, 9.17) is 23.2 Å². The van der Waals surface area contributed by atoms with Crippen LogP contribution < -0.4 is 5.56 Å². The van der Waals surface area contributed by atoms with Crippen LogP contribution in [0.25, 0.3) is 0 Å². The van der Waals surface area contributed by atoms with Crippen molar-refractivity contribution in [1.29, 1.82) is 0 Å². The molecule has 0 bridgehead atoms. The number of nitrogens with one attached hydrogen (secondary N) is 1. The largest absolute Gasteiger partial charge is 0.301 e. The van der Waals surface area contributed by atoms with Crippen LogP contribution in [0.5, 0.6) is 0 Å². The molecule has 1 aliphatic carbocycles. The van der Waals surface area contributed by atoms with E-state index in [0.717, 1.165) is 17.9 Å². The monoisotopic (exact) mass is 264 g/mol. The van der Waals surface area contributed by atoms with E-state index in [0.29, 0.717) is 11.1 Å². The molecule has 1 aromatic heterocycles. The predicted octanol–water partition coefficient (Wildman–Crippen LogP) is 2.36. The molecule has 1 aromatic rings. The Kier molecular flexibility index (Phi) is 3.01. The Morgan fingerprint density at radius 3 is 2.93 bits per heavy atom. The first-order valence-electron chi connectivity index (χ1n) is 4.56. The topological polar surface area (TPSA) is 45.8 Å². The van der Waals surface area contributed by atoms with Crippen LogP contribution in [0.15, 0.2) is 16.0 Å². The number of thioether (sulfide) groups is 1. The number of rotatable bonds is 3. The molecule has 1 fully saturated rings. The standard InChI is InChI=1S/C9H10Cl2N2OS/c1-5-2-7(14)13-8(12-5)15-4-6-3-9(6,10)11/h2,6H,3-4H2,1H3,(H,12,13,14)/t6-/m1/s1. The number of aromatic amines is 1. The number of halogens is 2. The number of nitrogens with zero attached hydrogens (tertiary/aromatic N) is 1. The van der Waals surface area contributed by atoms with Gasteiger partial charge in [0.05, 0.1) is 0 Å². The lowest BCUT2D eigenvalue weighted by Gasteiger charge is -2.01. The van der Waals surface area contributed by atoms with Crippen molar-refractivity contribution in [3.8, 4) is 0 Å². The summed E-state index contributed by atoms with van der Waals surface area (Å²) in [5, 5.41) is 0.635. The van der Waals surface area contributed by atoms with Gasteiger partial charge in [-0.15, -0.1) is 23.2 Å². The van der Waals surface area contributed by atoms with Crippen molar-refractivity contribution in [3.05, 3.63) is 22.1 Å². The van der Waals surface area contributed by atoms with Gasteiger partial charge in [0.2, 0.25) is 0 Å². The molecule has 6 heteroatoms. The van der Waals surface area contributed by atoms with Gasteiger partial charge in [-0.25, -0.2) is 4.98 Å². The summed E-state index contributed by atoms with van der Waals surface area (Å²) < 4.78 is -0.558. The normalized spacial score (nSPS) is 22.7. The van der Waals surface area contributed by atoms with E-state index in [2.05, 4.69) is 9.97 Å². The van der Waals surface area contributed by atoms with Crippen molar-refractivity contribution in [2.75, 3.05) is 5.75 Å². The molecule has 0 spiro atoms. The maximum atomic E-state index is 11.1. The second kappa shape index (κ2) is 4.00. The lowest BCUT2D eigenvalue weighted by molar-refractivity contribution is 0.895. The molecule has 15 heavy (non-hydrogen) atoms. The summed E-state index contributed by atoms with van der Waals surface area (Å²) in [5.41, 5.74) is 0.601. The number of alkyl halides is 2. The highest BCUT2D eigenvalue weighted by Gasteiger charge is 2.51. The summed E-state index contributed by atoms with van der Waals surface area (Å²) in [6, 6.07) is 1.47. The lowest BCUT2D eigenvalue weighted by atomic mass is 10.5. The third-order valence-electron chi connectivity index (χ3n) is 2.22. The van der Waals surface area contributed by atoms with Crippen molar-refractivity contribution >= 4 is 35.0 Å². The summed E-state index contributed by atoms with van der Waals surface area (Å²) in [5.74, 6) is 1.09. The molecule has 1 aliphatic rings. The van der Waals surface area contributed by atoms with E-state index in [1.54, 1.807) is 6.92 Å². The molecule has 1 heterocycles. The van der Waals surface area contributed by atoms with Crippen LogP contribution >= 0.6 is 35.0 Å². The summed E-state index contributed by atoms with van der Waals surface area (Å²) in [4.78, 5) is 18.0. The Labute approximate surface area is 102 Å². The van der Waals surface area contributed by atoms with E-state index in [1.807, 2.05) is 0 Å². The van der Waals surface area contributed by atoms with E-state index in [1.165, 1.54) is 17.8 Å². The fourth-order valence-corrected chi connectivity index (χ4v) is 3.10. The van der Waals surface area contributed by atoms with E-state index >= 15 is 0 Å². The van der Waals surface area contributed by atoms with Gasteiger partial charge in [-0.1, -0.05) is 11.8 Å². The van der Waals surface area contributed by atoms with Crippen molar-refractivity contribution in [2.45, 2.75) is 22.8 Å². The summed E-state index contributed by atoms with van der Waals surface area (Å²) in [6.45, 7) is 1.80. The van der Waals surface area contributed by atoms with Gasteiger partial charge in [0, 0.05) is 23.4 Å². The van der Waals surface area contributed by atoms with Gasteiger partial charge >= 0.3 is 0 Å². The fraction of sp³-hybridized carbons (Fsp3) is 0.556. The van der Waals surface area contributed by atoms with Gasteiger partial charge in [-0.3, -0.25) is 4.79 Å². The SMILES string of the molecule is Cc1cc(=O)[nH]c(SC[C@H]2CC2(Cl)Cl)n1. The number of hydrogen-bond donors (Lipinski definition) is 1. The highest BCUT2D eigenvalue weighted by Crippen LogP contribution is 2.54. The van der Waals surface area contributed by atoms with Crippen molar-refractivity contribution < 1.29 is 0 Å². The van der Waals surface area contributed by atoms with E-state index < -0.39 is 4.33 Å². The van der Waals surface area contributed by atoms with Crippen LogP contribution in [-0.2, 0) is 0 Å². The Morgan fingerprint density at radius 2 is 2.40 bits per heavy atom. The minimum Gasteiger partial charge on any atom is -0.301 e. The maximum Gasteiger partial charge on any atom is 0.251 e. The zero-order chi connectivity index (χ0) is 11.1. The number of aromatic nitrogens is 2. The number of H-pyrrole nitrogens is 1. The molecule has 0 unspecified atom stereocenters. The lowest BCUT2D eigenvalue weighted by Crippen LogP contribution is -2.08. The van der Waals surface area contributed by atoms with Gasteiger partial charge < -0.3 is 4.98 Å². The van der Waals surface area contributed by atoms with Crippen LogP contribution in [-0.4, -0.2) is 20.1 Å². The molecule has 3 nitrogen and oxygen atoms in total. The Balaban J connectivity index is 1.97. The third kappa shape index (κ3) is 2.89. The smallest absolute Gasteiger partial charge is 0.251 e. The molecular formula is C9H10Cl2N2OS. The van der Waals surface area contributed by atoms with Gasteiger partial charge in [0.25, 0.3) is 5.56 Å². The first-order chi connectivity index (χ1) is 6.97. The van der Waals surface area contributed by atoms with Gasteiger partial charge in [0.15, 0.2) is 5.16 Å². The minimum absolute atomic E-state index is 0.121. The molecular weight excluding hydrogens is 255 g/mol. The van der Waals surface area contributed by atoms with Crippen molar-refractivity contribution in [3.63, 3.8) is 0 Å². The summed E-state index contributed by atoms with van der Waals surface area (Å²) in [7, 11) is 0. The van der Waals surface area contributed by atoms with Crippen LogP contribution in [0.1, 0.15) is 12.1 Å². The molecule has 1 N–H and O–H groups in total. The molecule has 82 valence electrons. The molecule has 0 saturated heterocycles. The molecule has 1 saturated carbocycles. The van der Waals surface area contributed by atoms with Crippen molar-refractivity contribution in [2.24, 2.45) is 5.92 Å². The van der Waals surface area contributed by atoms with Crippen LogP contribution in [0.4, 0.5) is 0 Å². The first kappa shape index (κ1) is 11.3. The number of hydrogen-bond acceptors (Lipinski definition) is 3. The average molecular weight is 265 g/mol. The fourth-order valence-electron chi connectivity index (χ4n) is 1.25. The Bertz CT molecular complexity index is 432. The second-order valence-electron chi connectivity index (χ2n) is 3.67. The van der Waals surface area contributed by atoms with Crippen molar-refractivity contribution in [1.82, 2.24) is 9.97 Å². The second-order valence-corrected chi connectivity index (χ2v) is 6.22. The van der Waals surface area contributed by atoms with Gasteiger partial charge in [0.1, 0.15) is 4.33 Å². The average Bonchev–Trinajstić information content (AvgIpc) is 2.69. The maximum absolute atomic E-state index is 11.1. The summed E-state index contributed by atoms with van der Waals surface area (Å²) >= 11 is 13.3. The Hall–Kier alpha value is -0.190. The van der Waals surface area contributed by atoms with Crippen LogP contribution in [0.2, 0.25) is 0 Å². The molecule has 1 atom stereocenters. The van der Waals surface area contributed by atoms with Gasteiger partial charge in [-0.2, -0.15) is 0 Å². The minimum atomic E-state index is -0.558. The molecule has 2 rings (SSSR count). The molecule has 0 aliphatic heterocycles. The summed E-state index contributed by atoms with van der Waals surface area (Å²) in [6.07, 6.45) is 0.819. The molecule has 0 aromatic carbocycles. The highest BCUT2D eigenvalue weighted by molar-refractivity contribution is 7.99.